The molecule has 1 radical (unpaired) electrons. The molecule has 0 atom stereocenters. The molecule has 0 unspecified atom stereocenters. The van der Waals surface area contributed by atoms with E-state index in [1.54, 1.807) is 0 Å². The fraction of sp³-hybridized carbons (Fsp3) is 0.111. The normalized spacial score (nSPS) is 8.73. The van der Waals surface area contributed by atoms with Crippen LogP contribution in [0.3, 0.4) is 0 Å². The zero-order chi connectivity index (χ0) is 8.10. The van der Waals surface area contributed by atoms with Gasteiger partial charge in [-0.2, -0.15) is 0 Å². The van der Waals surface area contributed by atoms with Crippen LogP contribution in [0.5, 0.6) is 5.75 Å². The van der Waals surface area contributed by atoms with Gasteiger partial charge in [0.25, 0.3) is 0 Å². The molecule has 0 N–H and O–H groups in total. The molecule has 0 aliphatic carbocycles. The molecule has 0 saturated carbocycles. The second-order valence-corrected chi connectivity index (χ2v) is 1.87. The fourth-order valence-corrected chi connectivity index (χ4v) is 0.606. The minimum absolute atomic E-state index is 0.194. The van der Waals surface area contributed by atoms with Crippen molar-refractivity contribution in [2.24, 2.45) is 0 Å². The maximum absolute atomic E-state index is 12.3. The van der Waals surface area contributed by atoms with Crippen LogP contribution >= 0.6 is 0 Å². The van der Waals surface area contributed by atoms with E-state index >= 15 is 0 Å². The van der Waals surface area contributed by atoms with Crippen LogP contribution in [0.15, 0.2) is 18.2 Å². The van der Waals surface area contributed by atoms with Gasteiger partial charge < -0.3 is 4.74 Å². The van der Waals surface area contributed by atoms with Crippen LogP contribution in [-0.4, -0.2) is 6.61 Å². The zero-order valence-electron chi connectivity index (χ0n) is 5.80. The van der Waals surface area contributed by atoms with E-state index in [0.29, 0.717) is 5.75 Å². The van der Waals surface area contributed by atoms with Crippen molar-refractivity contribution in [2.75, 3.05) is 6.61 Å². The maximum atomic E-state index is 12.3. The molecule has 0 aromatic heterocycles. The molecule has 1 aromatic rings. The highest BCUT2D eigenvalue weighted by Crippen LogP contribution is 2.09. The summed E-state index contributed by atoms with van der Waals surface area (Å²) >= 11 is 0. The largest absolute Gasteiger partial charge is 0.481 e. The van der Waals surface area contributed by atoms with Crippen LogP contribution in [0, 0.1) is 24.2 Å². The Balaban J connectivity index is 2.60. The molecule has 0 saturated heterocycles. The van der Waals surface area contributed by atoms with E-state index in [9.17, 15) is 4.39 Å². The lowest BCUT2D eigenvalue weighted by atomic mass is 10.3. The lowest BCUT2D eigenvalue weighted by Crippen LogP contribution is -1.92. The second-order valence-electron chi connectivity index (χ2n) is 1.87. The SMILES string of the molecule is C#CCOc1c[c]c(F)cc1. The molecule has 0 spiro atoms. The van der Waals surface area contributed by atoms with E-state index in [-0.39, 0.29) is 6.61 Å². The van der Waals surface area contributed by atoms with Crippen LogP contribution in [0.2, 0.25) is 0 Å². The molecular formula is C9H6FO. The first-order valence-electron chi connectivity index (χ1n) is 3.06. The number of rotatable bonds is 2. The van der Waals surface area contributed by atoms with Crippen molar-refractivity contribution in [3.8, 4) is 18.1 Å². The Kier molecular flexibility index (Phi) is 2.51. The summed E-state index contributed by atoms with van der Waals surface area (Å²) in [7, 11) is 0. The van der Waals surface area contributed by atoms with Gasteiger partial charge in [-0.3, -0.25) is 0 Å². The van der Waals surface area contributed by atoms with Gasteiger partial charge in [0, 0.05) is 6.07 Å². The Morgan fingerprint density at radius 2 is 2.45 bits per heavy atom. The predicted molar refractivity (Wildman–Crippen MR) is 39.6 cm³/mol. The van der Waals surface area contributed by atoms with Crippen molar-refractivity contribution in [1.29, 1.82) is 0 Å². The van der Waals surface area contributed by atoms with E-state index in [4.69, 9.17) is 11.2 Å². The summed E-state index contributed by atoms with van der Waals surface area (Å²) in [4.78, 5) is 0. The Morgan fingerprint density at radius 3 is 3.00 bits per heavy atom. The molecule has 0 aliphatic heterocycles. The van der Waals surface area contributed by atoms with Crippen LogP contribution in [0.4, 0.5) is 4.39 Å². The summed E-state index contributed by atoms with van der Waals surface area (Å²) in [6.07, 6.45) is 4.95. The smallest absolute Gasteiger partial charge is 0.148 e. The van der Waals surface area contributed by atoms with Gasteiger partial charge in [-0.05, 0) is 18.2 Å². The number of hydrogen-bond acceptors (Lipinski definition) is 1. The van der Waals surface area contributed by atoms with Crippen molar-refractivity contribution in [3.63, 3.8) is 0 Å². The van der Waals surface area contributed by atoms with Gasteiger partial charge in [0.1, 0.15) is 18.2 Å². The summed E-state index contributed by atoms with van der Waals surface area (Å²) < 4.78 is 17.2. The first-order valence-corrected chi connectivity index (χ1v) is 3.06. The number of halogens is 1. The highest BCUT2D eigenvalue weighted by molar-refractivity contribution is 5.21. The Morgan fingerprint density at radius 1 is 1.64 bits per heavy atom. The molecule has 11 heavy (non-hydrogen) atoms. The third-order valence-electron chi connectivity index (χ3n) is 1.07. The summed E-state index contributed by atoms with van der Waals surface area (Å²) in [5, 5.41) is 0. The second kappa shape index (κ2) is 3.62. The molecule has 1 nitrogen and oxygen atoms in total. The lowest BCUT2D eigenvalue weighted by molar-refractivity contribution is 0.369. The minimum atomic E-state index is -0.405. The maximum Gasteiger partial charge on any atom is 0.148 e. The van der Waals surface area contributed by atoms with E-state index in [2.05, 4.69) is 12.0 Å². The Labute approximate surface area is 64.8 Å². The number of terminal acetylenes is 1. The van der Waals surface area contributed by atoms with Crippen LogP contribution in [-0.2, 0) is 0 Å². The predicted octanol–water partition coefficient (Wildman–Crippen LogP) is 1.64. The Bertz CT molecular complexity index is 258. The summed E-state index contributed by atoms with van der Waals surface area (Å²) in [5.74, 6) is 2.43. The average Bonchev–Trinajstić information content (AvgIpc) is 2.04. The topological polar surface area (TPSA) is 9.23 Å². The van der Waals surface area contributed by atoms with E-state index in [1.807, 2.05) is 0 Å². The van der Waals surface area contributed by atoms with Gasteiger partial charge >= 0.3 is 0 Å². The first-order chi connectivity index (χ1) is 5.33. The van der Waals surface area contributed by atoms with E-state index in [1.165, 1.54) is 18.2 Å². The van der Waals surface area contributed by atoms with E-state index in [0.717, 1.165) is 0 Å². The molecule has 0 fully saturated rings. The molecule has 55 valence electrons. The number of benzene rings is 1. The lowest BCUT2D eigenvalue weighted by Gasteiger charge is -1.99. The summed E-state index contributed by atoms with van der Waals surface area (Å²) in [5.41, 5.74) is 0. The molecule has 2 heteroatoms. The third kappa shape index (κ3) is 2.30. The van der Waals surface area contributed by atoms with Crippen LogP contribution < -0.4 is 4.74 Å². The molecule has 0 amide bonds. The molecule has 0 aliphatic rings. The van der Waals surface area contributed by atoms with Gasteiger partial charge in [0.2, 0.25) is 0 Å². The van der Waals surface area contributed by atoms with Gasteiger partial charge in [-0.25, -0.2) is 4.39 Å². The van der Waals surface area contributed by atoms with Crippen molar-refractivity contribution in [2.45, 2.75) is 0 Å². The third-order valence-corrected chi connectivity index (χ3v) is 1.07. The van der Waals surface area contributed by atoms with Crippen molar-refractivity contribution in [1.82, 2.24) is 0 Å². The quantitative estimate of drug-likeness (QED) is 0.581. The van der Waals surface area contributed by atoms with Gasteiger partial charge in [-0.1, -0.05) is 5.92 Å². The fourth-order valence-electron chi connectivity index (χ4n) is 0.606. The molecule has 1 rings (SSSR count). The van der Waals surface area contributed by atoms with Crippen molar-refractivity contribution in [3.05, 3.63) is 30.1 Å². The summed E-state index contributed by atoms with van der Waals surface area (Å²) in [6, 6.07) is 6.53. The highest BCUT2D eigenvalue weighted by Gasteiger charge is 1.91. The molecule has 0 heterocycles. The number of ether oxygens (including phenoxy) is 1. The number of hydrogen-bond donors (Lipinski definition) is 0. The Hall–Kier alpha value is -1.49. The zero-order valence-corrected chi connectivity index (χ0v) is 5.80. The van der Waals surface area contributed by atoms with Gasteiger partial charge in [0.05, 0.1) is 0 Å². The van der Waals surface area contributed by atoms with Crippen molar-refractivity contribution >= 4 is 0 Å². The van der Waals surface area contributed by atoms with E-state index < -0.39 is 5.82 Å². The molecule has 0 bridgehead atoms. The van der Waals surface area contributed by atoms with Gasteiger partial charge in [-0.15, -0.1) is 6.42 Å². The minimum Gasteiger partial charge on any atom is -0.481 e. The average molecular weight is 149 g/mol. The molecular weight excluding hydrogens is 143 g/mol. The summed E-state index contributed by atoms with van der Waals surface area (Å²) in [6.45, 7) is 0.194. The molecule has 1 aromatic carbocycles. The first kappa shape index (κ1) is 7.62. The van der Waals surface area contributed by atoms with Crippen LogP contribution in [0.1, 0.15) is 0 Å². The van der Waals surface area contributed by atoms with Crippen LogP contribution in [0.25, 0.3) is 0 Å². The van der Waals surface area contributed by atoms with Gasteiger partial charge in [0.15, 0.2) is 0 Å². The van der Waals surface area contributed by atoms with Crippen molar-refractivity contribution < 1.29 is 9.13 Å². The monoisotopic (exact) mass is 149 g/mol. The highest BCUT2D eigenvalue weighted by atomic mass is 19.1. The standard InChI is InChI=1S/C9H6FO/c1-2-7-11-9-5-3-8(10)4-6-9/h1,3,5-6H,7H2.